The van der Waals surface area contributed by atoms with Gasteiger partial charge in [0.2, 0.25) is 5.91 Å². The number of hydrogen-bond donors (Lipinski definition) is 2. The van der Waals surface area contributed by atoms with Gasteiger partial charge in [0.1, 0.15) is 12.6 Å². The second-order valence-corrected chi connectivity index (χ2v) is 10.7. The van der Waals surface area contributed by atoms with Crippen molar-refractivity contribution in [2.24, 2.45) is 11.3 Å². The van der Waals surface area contributed by atoms with Crippen LogP contribution in [0.4, 0.5) is 4.79 Å². The van der Waals surface area contributed by atoms with E-state index in [-0.39, 0.29) is 30.4 Å². The molecule has 2 aromatic carbocycles. The van der Waals surface area contributed by atoms with Crippen LogP contribution in [0.25, 0.3) is 11.1 Å². The lowest BCUT2D eigenvalue weighted by atomic mass is 9.84. The molecule has 2 atom stereocenters. The van der Waals surface area contributed by atoms with E-state index in [4.69, 9.17) is 4.74 Å². The average Bonchev–Trinajstić information content (AvgIpc) is 3.43. The monoisotopic (exact) mass is 478 g/mol. The zero-order chi connectivity index (χ0) is 25.2. The van der Waals surface area contributed by atoms with Crippen LogP contribution < -0.4 is 5.32 Å². The number of rotatable bonds is 7. The summed E-state index contributed by atoms with van der Waals surface area (Å²) < 4.78 is 5.62. The Morgan fingerprint density at radius 3 is 2.23 bits per heavy atom. The van der Waals surface area contributed by atoms with Crippen LogP contribution >= 0.6 is 0 Å². The Morgan fingerprint density at radius 1 is 1.06 bits per heavy atom. The van der Waals surface area contributed by atoms with Gasteiger partial charge in [0, 0.05) is 19.0 Å². The molecule has 2 aromatic rings. The van der Waals surface area contributed by atoms with Gasteiger partial charge in [-0.05, 0) is 46.9 Å². The minimum Gasteiger partial charge on any atom is -0.480 e. The van der Waals surface area contributed by atoms with Crippen LogP contribution in [0.15, 0.2) is 48.5 Å². The first kappa shape index (κ1) is 24.8. The lowest BCUT2D eigenvalue weighted by Crippen LogP contribution is -2.47. The van der Waals surface area contributed by atoms with E-state index >= 15 is 0 Å². The quantitative estimate of drug-likeness (QED) is 0.604. The smallest absolute Gasteiger partial charge is 0.407 e. The Bertz CT molecular complexity index is 1060. The van der Waals surface area contributed by atoms with Crippen LogP contribution in [-0.4, -0.2) is 53.7 Å². The Kier molecular flexibility index (Phi) is 7.15. The van der Waals surface area contributed by atoms with E-state index < -0.39 is 24.0 Å². The summed E-state index contributed by atoms with van der Waals surface area (Å²) in [4.78, 5) is 39.0. The molecule has 186 valence electrons. The molecule has 35 heavy (non-hydrogen) atoms. The van der Waals surface area contributed by atoms with Gasteiger partial charge in [0.15, 0.2) is 0 Å². The number of ether oxygens (including phenoxy) is 1. The maximum absolute atomic E-state index is 13.3. The van der Waals surface area contributed by atoms with Crippen LogP contribution in [-0.2, 0) is 14.3 Å². The summed E-state index contributed by atoms with van der Waals surface area (Å²) in [6.07, 6.45) is 1.08. The van der Waals surface area contributed by atoms with Crippen molar-refractivity contribution in [2.75, 3.05) is 19.7 Å². The molecular formula is C28H34N2O5. The predicted octanol–water partition coefficient (Wildman–Crippen LogP) is 4.65. The normalized spacial score (nSPS) is 18.0. The zero-order valence-corrected chi connectivity index (χ0v) is 20.6. The minimum atomic E-state index is -0.977. The first-order valence-corrected chi connectivity index (χ1v) is 12.3. The van der Waals surface area contributed by atoms with Gasteiger partial charge in [-0.15, -0.1) is 0 Å². The number of aliphatic carboxylic acids is 1. The summed E-state index contributed by atoms with van der Waals surface area (Å²) in [6, 6.07) is 15.5. The zero-order valence-electron chi connectivity index (χ0n) is 20.6. The molecule has 0 radical (unpaired) electrons. The first-order chi connectivity index (χ1) is 16.7. The molecule has 4 rings (SSSR count). The van der Waals surface area contributed by atoms with E-state index in [1.54, 1.807) is 0 Å². The highest BCUT2D eigenvalue weighted by Crippen LogP contribution is 2.44. The van der Waals surface area contributed by atoms with Gasteiger partial charge in [0.05, 0.1) is 5.92 Å². The Balaban J connectivity index is 1.39. The van der Waals surface area contributed by atoms with Gasteiger partial charge in [-0.3, -0.25) is 4.79 Å². The Morgan fingerprint density at radius 2 is 1.66 bits per heavy atom. The fourth-order valence-corrected chi connectivity index (χ4v) is 5.36. The summed E-state index contributed by atoms with van der Waals surface area (Å²) in [5, 5.41) is 12.3. The minimum absolute atomic E-state index is 0.0407. The average molecular weight is 479 g/mol. The Hall–Kier alpha value is -3.35. The number of hydrogen-bond acceptors (Lipinski definition) is 4. The molecule has 0 aromatic heterocycles. The van der Waals surface area contributed by atoms with E-state index in [2.05, 4.69) is 29.6 Å². The molecule has 1 unspecified atom stereocenters. The maximum atomic E-state index is 13.3. The van der Waals surface area contributed by atoms with Gasteiger partial charge in [-0.25, -0.2) is 9.59 Å². The number of benzene rings is 2. The topological polar surface area (TPSA) is 95.9 Å². The number of carboxylic acid groups (broad SMARTS) is 1. The van der Waals surface area contributed by atoms with Gasteiger partial charge < -0.3 is 20.1 Å². The SMILES string of the molecule is CC(C)(C)CC(CNC(=O)OCC1c2ccccc2-c2ccccc21)C(=O)N1CCC[C@H]1C(=O)O. The summed E-state index contributed by atoms with van der Waals surface area (Å²) in [6.45, 7) is 6.82. The summed E-state index contributed by atoms with van der Waals surface area (Å²) >= 11 is 0. The third-order valence-corrected chi connectivity index (χ3v) is 6.87. The highest BCUT2D eigenvalue weighted by atomic mass is 16.5. The molecule has 2 aliphatic rings. The highest BCUT2D eigenvalue weighted by Gasteiger charge is 2.38. The van der Waals surface area contributed by atoms with Crippen molar-refractivity contribution in [3.63, 3.8) is 0 Å². The van der Waals surface area contributed by atoms with Crippen molar-refractivity contribution < 1.29 is 24.2 Å². The molecule has 2 N–H and O–H groups in total. The van der Waals surface area contributed by atoms with E-state index in [1.807, 2.05) is 45.0 Å². The fraction of sp³-hybridized carbons (Fsp3) is 0.464. The van der Waals surface area contributed by atoms with Crippen molar-refractivity contribution in [3.05, 3.63) is 59.7 Å². The lowest BCUT2D eigenvalue weighted by molar-refractivity contribution is -0.150. The number of fused-ring (bicyclic) bond motifs is 3. The number of nitrogens with zero attached hydrogens (tertiary/aromatic N) is 1. The molecule has 0 saturated carbocycles. The number of carbonyl (C=O) groups excluding carboxylic acids is 2. The van der Waals surface area contributed by atoms with Gasteiger partial charge in [-0.1, -0.05) is 69.3 Å². The third kappa shape index (κ3) is 5.50. The van der Waals surface area contributed by atoms with Gasteiger partial charge >= 0.3 is 12.1 Å². The van der Waals surface area contributed by atoms with E-state index in [1.165, 1.54) is 4.90 Å². The number of amides is 2. The summed E-state index contributed by atoms with van der Waals surface area (Å²) in [5.74, 6) is -1.75. The molecule has 7 heteroatoms. The number of carbonyl (C=O) groups is 3. The van der Waals surface area contributed by atoms with Crippen LogP contribution in [0.3, 0.4) is 0 Å². The van der Waals surface area contributed by atoms with Crippen molar-refractivity contribution in [3.8, 4) is 11.1 Å². The van der Waals surface area contributed by atoms with Crippen LogP contribution in [0.1, 0.15) is 57.1 Å². The fourth-order valence-electron chi connectivity index (χ4n) is 5.36. The van der Waals surface area contributed by atoms with Crippen molar-refractivity contribution in [2.45, 2.75) is 52.0 Å². The largest absolute Gasteiger partial charge is 0.480 e. The van der Waals surface area contributed by atoms with Crippen molar-refractivity contribution in [1.29, 1.82) is 0 Å². The lowest BCUT2D eigenvalue weighted by Gasteiger charge is -2.30. The number of likely N-dealkylation sites (tertiary alicyclic amines) is 1. The molecular weight excluding hydrogens is 444 g/mol. The molecule has 1 heterocycles. The van der Waals surface area contributed by atoms with Gasteiger partial charge in [-0.2, -0.15) is 0 Å². The molecule has 2 amide bonds. The Labute approximate surface area is 206 Å². The summed E-state index contributed by atoms with van der Waals surface area (Å²) in [5.41, 5.74) is 4.42. The van der Waals surface area contributed by atoms with E-state index in [9.17, 15) is 19.5 Å². The second kappa shape index (κ2) is 10.1. The van der Waals surface area contributed by atoms with Gasteiger partial charge in [0.25, 0.3) is 0 Å². The third-order valence-electron chi connectivity index (χ3n) is 6.87. The predicted molar refractivity (Wildman–Crippen MR) is 133 cm³/mol. The summed E-state index contributed by atoms with van der Waals surface area (Å²) in [7, 11) is 0. The second-order valence-electron chi connectivity index (χ2n) is 10.7. The van der Waals surface area contributed by atoms with Crippen LogP contribution in [0, 0.1) is 11.3 Å². The number of alkyl carbamates (subject to hydrolysis) is 1. The first-order valence-electron chi connectivity index (χ1n) is 12.3. The van der Waals surface area contributed by atoms with Crippen molar-refractivity contribution >= 4 is 18.0 Å². The molecule has 1 fully saturated rings. The maximum Gasteiger partial charge on any atom is 0.407 e. The molecule has 1 aliphatic heterocycles. The molecule has 0 spiro atoms. The highest BCUT2D eigenvalue weighted by molar-refractivity contribution is 5.86. The number of nitrogens with one attached hydrogen (secondary N) is 1. The standard InChI is InChI=1S/C28H34N2O5/c1-28(2,3)15-18(25(31)30-14-8-13-24(30)26(32)33)16-29-27(34)35-17-23-21-11-6-4-9-19(21)20-10-5-7-12-22(20)23/h4-7,9-12,18,23-24H,8,13-17H2,1-3H3,(H,29,34)(H,32,33)/t18?,24-/m0/s1. The number of carboxylic acids is 1. The molecule has 0 bridgehead atoms. The molecule has 1 aliphatic carbocycles. The van der Waals surface area contributed by atoms with Crippen LogP contribution in [0.5, 0.6) is 0 Å². The van der Waals surface area contributed by atoms with E-state index in [0.717, 1.165) is 22.3 Å². The molecule has 7 nitrogen and oxygen atoms in total. The van der Waals surface area contributed by atoms with Crippen LogP contribution in [0.2, 0.25) is 0 Å². The molecule has 1 saturated heterocycles. The van der Waals surface area contributed by atoms with Crippen molar-refractivity contribution in [1.82, 2.24) is 10.2 Å². The van der Waals surface area contributed by atoms with E-state index in [0.29, 0.717) is 25.8 Å².